The highest BCUT2D eigenvalue weighted by Crippen LogP contribution is 2.37. The summed E-state index contributed by atoms with van der Waals surface area (Å²) in [6.45, 7) is 9.54. The van der Waals surface area contributed by atoms with Crippen molar-refractivity contribution in [2.24, 2.45) is 5.41 Å². The first-order chi connectivity index (χ1) is 25.6. The molecule has 0 bridgehead atoms. The first-order valence-electron chi connectivity index (χ1n) is 20.7. The third-order valence-electron chi connectivity index (χ3n) is 9.95. The quantitative estimate of drug-likeness (QED) is 0.0528. The van der Waals surface area contributed by atoms with Crippen LogP contribution in [-0.4, -0.2) is 62.3 Å². The highest BCUT2D eigenvalue weighted by atomic mass is 16.7. The fourth-order valence-electron chi connectivity index (χ4n) is 6.66. The molecule has 0 aliphatic carbocycles. The highest BCUT2D eigenvalue weighted by Gasteiger charge is 2.52. The second-order valence-electron chi connectivity index (χ2n) is 15.8. The number of carbonyl (C=O) groups is 3. The number of nitrogens with zero attached hydrogens (tertiary/aromatic N) is 4. The largest absolute Gasteiger partial charge is 0.463 e. The molecule has 300 valence electrons. The van der Waals surface area contributed by atoms with Crippen molar-refractivity contribution in [3.8, 4) is 0 Å². The first kappa shape index (κ1) is 44.1. The molecular formula is C41H69N5O7. The van der Waals surface area contributed by atoms with E-state index < -0.39 is 41.9 Å². The molecule has 1 fully saturated rings. The second-order valence-corrected chi connectivity index (χ2v) is 15.8. The summed E-state index contributed by atoms with van der Waals surface area (Å²) in [6.07, 6.45) is 22.5. The minimum Gasteiger partial charge on any atom is -0.463 e. The Labute approximate surface area is 318 Å². The summed E-state index contributed by atoms with van der Waals surface area (Å²) >= 11 is 0. The van der Waals surface area contributed by atoms with Gasteiger partial charge in [0, 0.05) is 12.8 Å². The first-order valence-corrected chi connectivity index (χ1v) is 20.7. The van der Waals surface area contributed by atoms with Crippen LogP contribution in [0.5, 0.6) is 0 Å². The molecule has 2 N–H and O–H groups in total. The van der Waals surface area contributed by atoms with Crippen LogP contribution in [0.3, 0.4) is 0 Å². The van der Waals surface area contributed by atoms with Crippen LogP contribution in [0, 0.1) is 5.41 Å². The molecule has 1 aliphatic heterocycles. The summed E-state index contributed by atoms with van der Waals surface area (Å²) in [7, 11) is 0. The van der Waals surface area contributed by atoms with E-state index in [2.05, 4.69) is 28.8 Å². The van der Waals surface area contributed by atoms with Crippen molar-refractivity contribution in [3.05, 3.63) is 12.7 Å². The lowest BCUT2D eigenvalue weighted by Crippen LogP contribution is -2.42. The van der Waals surface area contributed by atoms with Crippen LogP contribution in [0.1, 0.15) is 182 Å². The molecule has 0 aromatic carbocycles. The average molecular weight is 744 g/mol. The number of nitrogens with two attached hydrogens (primary N) is 1. The average Bonchev–Trinajstić information content (AvgIpc) is 3.70. The van der Waals surface area contributed by atoms with Gasteiger partial charge in [-0.25, -0.2) is 15.0 Å². The van der Waals surface area contributed by atoms with Crippen LogP contribution in [0.2, 0.25) is 0 Å². The Morgan fingerprint density at radius 1 is 0.698 bits per heavy atom. The lowest BCUT2D eigenvalue weighted by Gasteiger charge is -2.27. The number of hydrogen-bond donors (Lipinski definition) is 1. The minimum absolute atomic E-state index is 0.170. The molecule has 53 heavy (non-hydrogen) atoms. The summed E-state index contributed by atoms with van der Waals surface area (Å²) in [4.78, 5) is 52.3. The topological polar surface area (TPSA) is 158 Å². The molecule has 2 aromatic heterocycles. The van der Waals surface area contributed by atoms with Gasteiger partial charge in [0.25, 0.3) is 0 Å². The van der Waals surface area contributed by atoms with E-state index in [1.807, 2.05) is 0 Å². The van der Waals surface area contributed by atoms with Crippen molar-refractivity contribution in [1.29, 1.82) is 0 Å². The summed E-state index contributed by atoms with van der Waals surface area (Å²) in [5, 5.41) is 0. The Morgan fingerprint density at radius 3 is 1.74 bits per heavy atom. The van der Waals surface area contributed by atoms with Gasteiger partial charge in [-0.3, -0.25) is 19.0 Å². The van der Waals surface area contributed by atoms with Crippen LogP contribution in [0.15, 0.2) is 12.7 Å². The molecule has 0 amide bonds. The molecule has 12 nitrogen and oxygen atoms in total. The van der Waals surface area contributed by atoms with Crippen molar-refractivity contribution in [3.63, 3.8) is 0 Å². The monoisotopic (exact) mass is 744 g/mol. The van der Waals surface area contributed by atoms with Gasteiger partial charge in [-0.05, 0) is 33.6 Å². The lowest BCUT2D eigenvalue weighted by atomic mass is 9.97. The Balaban J connectivity index is 1.64. The summed E-state index contributed by atoms with van der Waals surface area (Å²) in [5.74, 6) is -1.07. The van der Waals surface area contributed by atoms with Crippen LogP contribution in [0.25, 0.3) is 11.2 Å². The van der Waals surface area contributed by atoms with Gasteiger partial charge in [-0.1, -0.05) is 129 Å². The predicted molar refractivity (Wildman–Crippen MR) is 207 cm³/mol. The molecule has 0 spiro atoms. The van der Waals surface area contributed by atoms with Crippen molar-refractivity contribution < 1.29 is 33.3 Å². The van der Waals surface area contributed by atoms with Gasteiger partial charge >= 0.3 is 17.9 Å². The molecule has 3 rings (SSSR count). The van der Waals surface area contributed by atoms with E-state index in [0.29, 0.717) is 24.0 Å². The van der Waals surface area contributed by atoms with E-state index in [1.54, 1.807) is 25.3 Å². The number of unbranched alkanes of at least 4 members (excludes halogenated alkanes) is 18. The van der Waals surface area contributed by atoms with Gasteiger partial charge in [-0.2, -0.15) is 0 Å². The molecule has 1 aliphatic rings. The van der Waals surface area contributed by atoms with Gasteiger partial charge in [0.2, 0.25) is 0 Å². The maximum absolute atomic E-state index is 13.3. The highest BCUT2D eigenvalue weighted by molar-refractivity contribution is 5.81. The molecular weight excluding hydrogens is 674 g/mol. The number of nitrogen functional groups attached to an aromatic ring is 1. The van der Waals surface area contributed by atoms with Crippen molar-refractivity contribution in [2.75, 3.05) is 12.3 Å². The molecule has 0 unspecified atom stereocenters. The number of ether oxygens (including phenoxy) is 4. The third kappa shape index (κ3) is 15.5. The molecule has 1 saturated heterocycles. The summed E-state index contributed by atoms with van der Waals surface area (Å²) < 4.78 is 25.9. The van der Waals surface area contributed by atoms with E-state index in [0.717, 1.165) is 38.5 Å². The van der Waals surface area contributed by atoms with Gasteiger partial charge in [-0.15, -0.1) is 0 Å². The standard InChI is InChI=1S/C41H69N5O7/c1-6-8-10-12-14-16-18-20-22-24-26-32(47)50-28-31-35(52-33(48)27-25-23-21-19-17-15-13-11-9-7-2)36(53-40(49)41(3,4)5)39(51-31)46-30-45-34-37(42)43-29-44-38(34)46/h29-31,35-36,39H,6-28H2,1-5H3,(H2,42,43,44)/t31-,35-,36-,39-/m1/s1. The van der Waals surface area contributed by atoms with Crippen LogP contribution >= 0.6 is 0 Å². The number of anilines is 1. The Bertz CT molecular complexity index is 1360. The zero-order valence-corrected chi connectivity index (χ0v) is 33.5. The summed E-state index contributed by atoms with van der Waals surface area (Å²) in [5.41, 5.74) is 5.95. The van der Waals surface area contributed by atoms with Gasteiger partial charge in [0.05, 0.1) is 11.7 Å². The van der Waals surface area contributed by atoms with E-state index in [-0.39, 0.29) is 24.8 Å². The van der Waals surface area contributed by atoms with Crippen molar-refractivity contribution >= 4 is 34.9 Å². The van der Waals surface area contributed by atoms with Gasteiger partial charge in [0.1, 0.15) is 24.6 Å². The van der Waals surface area contributed by atoms with Crippen LogP contribution in [0.4, 0.5) is 5.82 Å². The number of rotatable bonds is 27. The molecule has 0 radical (unpaired) electrons. The van der Waals surface area contributed by atoms with E-state index in [4.69, 9.17) is 24.7 Å². The van der Waals surface area contributed by atoms with Gasteiger partial charge in [0.15, 0.2) is 29.9 Å². The number of fused-ring (bicyclic) bond motifs is 1. The van der Waals surface area contributed by atoms with Crippen LogP contribution < -0.4 is 5.73 Å². The van der Waals surface area contributed by atoms with E-state index in [1.165, 1.54) is 96.1 Å². The van der Waals surface area contributed by atoms with Crippen LogP contribution in [-0.2, 0) is 33.3 Å². The predicted octanol–water partition coefficient (Wildman–Crippen LogP) is 9.34. The fraction of sp³-hybridized carbons (Fsp3) is 0.805. The Morgan fingerprint density at radius 2 is 1.21 bits per heavy atom. The molecule has 3 heterocycles. The van der Waals surface area contributed by atoms with Crippen molar-refractivity contribution in [1.82, 2.24) is 19.5 Å². The zero-order chi connectivity index (χ0) is 38.5. The van der Waals surface area contributed by atoms with Gasteiger partial charge < -0.3 is 24.7 Å². The summed E-state index contributed by atoms with van der Waals surface area (Å²) in [6, 6.07) is 0. The number of esters is 3. The maximum Gasteiger partial charge on any atom is 0.311 e. The number of aromatic nitrogens is 4. The smallest absolute Gasteiger partial charge is 0.311 e. The molecule has 12 heteroatoms. The molecule has 2 aromatic rings. The Hall–Kier alpha value is -3.28. The maximum atomic E-state index is 13.3. The second kappa shape index (κ2) is 24.2. The zero-order valence-electron chi connectivity index (χ0n) is 33.5. The lowest BCUT2D eigenvalue weighted by molar-refractivity contribution is -0.175. The van der Waals surface area contributed by atoms with Crippen molar-refractivity contribution in [2.45, 2.75) is 200 Å². The normalized spacial score (nSPS) is 18.7. The minimum atomic E-state index is -1.07. The molecule has 4 atom stereocenters. The third-order valence-corrected chi connectivity index (χ3v) is 9.95. The Kier molecular flexibility index (Phi) is 20.1. The van der Waals surface area contributed by atoms with E-state index >= 15 is 0 Å². The number of hydrogen-bond acceptors (Lipinski definition) is 11. The fourth-order valence-corrected chi connectivity index (χ4v) is 6.66. The molecule has 0 saturated carbocycles. The number of imidazole rings is 1. The number of carbonyl (C=O) groups excluding carboxylic acids is 3. The van der Waals surface area contributed by atoms with E-state index in [9.17, 15) is 14.4 Å². The SMILES string of the molecule is CCCCCCCCCCCCC(=O)OC[C@H]1O[C@@H](n2cnc3c(N)ncnc32)[C@H](OC(=O)C(C)(C)C)[C@@H]1OC(=O)CCCCCCCCCCCC.